The third kappa shape index (κ3) is 4.26. The van der Waals surface area contributed by atoms with E-state index in [1.54, 1.807) is 0 Å². The lowest BCUT2D eigenvalue weighted by Gasteiger charge is -2.30. The maximum Gasteiger partial charge on any atom is 0.226 e. The van der Waals surface area contributed by atoms with E-state index in [9.17, 15) is 4.79 Å². The van der Waals surface area contributed by atoms with Gasteiger partial charge in [-0.3, -0.25) is 4.79 Å². The number of hydrogen-bond donors (Lipinski definition) is 0. The summed E-state index contributed by atoms with van der Waals surface area (Å²) in [5, 5.41) is 0. The minimum atomic E-state index is 0.154. The predicted octanol–water partition coefficient (Wildman–Crippen LogP) is 3.72. The number of aryl methyl sites for hydroxylation is 2. The summed E-state index contributed by atoms with van der Waals surface area (Å²) in [6, 6.07) is 6.52. The number of para-hydroxylation sites is 1. The number of nitrogens with zero attached hydrogens (tertiary/aromatic N) is 1. The van der Waals surface area contributed by atoms with Gasteiger partial charge in [0.05, 0.1) is 13.0 Å². The smallest absolute Gasteiger partial charge is 0.226 e. The molecule has 0 aromatic heterocycles. The van der Waals surface area contributed by atoms with Crippen molar-refractivity contribution in [3.8, 4) is 5.75 Å². The van der Waals surface area contributed by atoms with Crippen LogP contribution < -0.4 is 4.74 Å². The molecule has 3 nitrogen and oxygen atoms in total. The third-order valence-corrected chi connectivity index (χ3v) is 3.37. The summed E-state index contributed by atoms with van der Waals surface area (Å²) in [5.41, 5.74) is 2.23. The molecule has 0 N–H and O–H groups in total. The molecule has 3 heteroatoms. The van der Waals surface area contributed by atoms with Crippen molar-refractivity contribution in [3.05, 3.63) is 29.3 Å². The Balaban J connectivity index is 2.58. The van der Waals surface area contributed by atoms with E-state index < -0.39 is 0 Å². The first-order valence-corrected chi connectivity index (χ1v) is 7.34. The molecular weight excluding hydrogens is 250 g/mol. The van der Waals surface area contributed by atoms with Crippen LogP contribution in [0.4, 0.5) is 0 Å². The van der Waals surface area contributed by atoms with Crippen LogP contribution in [-0.2, 0) is 4.79 Å². The van der Waals surface area contributed by atoms with Gasteiger partial charge in [-0.15, -0.1) is 0 Å². The van der Waals surface area contributed by atoms with E-state index in [-0.39, 0.29) is 18.0 Å². The zero-order chi connectivity index (χ0) is 15.3. The summed E-state index contributed by atoms with van der Waals surface area (Å²) in [5.74, 6) is 1.06. The van der Waals surface area contributed by atoms with E-state index >= 15 is 0 Å². The standard InChI is InChI=1S/C17H27NO2/c1-12(2)18(13(3)4)16(19)10-11-20-17-14(5)8-7-9-15(17)6/h7-9,12-13H,10-11H2,1-6H3. The second-order valence-corrected chi connectivity index (χ2v) is 5.81. The van der Waals surface area contributed by atoms with E-state index in [2.05, 4.69) is 0 Å². The number of carbonyl (C=O) groups is 1. The summed E-state index contributed by atoms with van der Waals surface area (Å²) in [7, 11) is 0. The molecule has 0 atom stereocenters. The van der Waals surface area contributed by atoms with Crippen molar-refractivity contribution in [3.63, 3.8) is 0 Å². The minimum Gasteiger partial charge on any atom is -0.493 e. The fraction of sp³-hybridized carbons (Fsp3) is 0.588. The molecule has 1 amide bonds. The molecule has 112 valence electrons. The van der Waals surface area contributed by atoms with Gasteiger partial charge < -0.3 is 9.64 Å². The van der Waals surface area contributed by atoms with E-state index in [0.29, 0.717) is 13.0 Å². The quantitative estimate of drug-likeness (QED) is 0.793. The molecule has 0 heterocycles. The fourth-order valence-electron chi connectivity index (χ4n) is 2.57. The van der Waals surface area contributed by atoms with E-state index in [4.69, 9.17) is 4.74 Å². The van der Waals surface area contributed by atoms with Gasteiger partial charge in [0.15, 0.2) is 0 Å². The van der Waals surface area contributed by atoms with Crippen molar-refractivity contribution in [1.82, 2.24) is 4.90 Å². The van der Waals surface area contributed by atoms with Crippen LogP contribution >= 0.6 is 0 Å². The molecule has 1 rings (SSSR count). The Bertz CT molecular complexity index is 424. The Hall–Kier alpha value is -1.51. The Morgan fingerprint density at radius 3 is 2.05 bits per heavy atom. The van der Waals surface area contributed by atoms with Gasteiger partial charge in [0.1, 0.15) is 5.75 Å². The van der Waals surface area contributed by atoms with Gasteiger partial charge >= 0.3 is 0 Å². The monoisotopic (exact) mass is 277 g/mol. The number of ether oxygens (including phenoxy) is 1. The number of hydrogen-bond acceptors (Lipinski definition) is 2. The van der Waals surface area contributed by atoms with Gasteiger partial charge in [0.25, 0.3) is 0 Å². The highest BCUT2D eigenvalue weighted by molar-refractivity contribution is 5.76. The Labute approximate surface area is 122 Å². The summed E-state index contributed by atoms with van der Waals surface area (Å²) in [6.45, 7) is 12.7. The maximum absolute atomic E-state index is 12.2. The molecule has 1 aromatic rings. The lowest BCUT2D eigenvalue weighted by Crippen LogP contribution is -2.42. The molecule has 0 bridgehead atoms. The molecule has 0 aliphatic carbocycles. The molecule has 0 fully saturated rings. The van der Waals surface area contributed by atoms with Gasteiger partial charge in [0, 0.05) is 12.1 Å². The predicted molar refractivity (Wildman–Crippen MR) is 83.1 cm³/mol. The number of rotatable bonds is 6. The van der Waals surface area contributed by atoms with Crippen LogP contribution in [0, 0.1) is 13.8 Å². The lowest BCUT2D eigenvalue weighted by atomic mass is 10.1. The first-order valence-electron chi connectivity index (χ1n) is 7.34. The summed E-state index contributed by atoms with van der Waals surface area (Å²) in [6.07, 6.45) is 0.421. The van der Waals surface area contributed by atoms with Gasteiger partial charge in [-0.25, -0.2) is 0 Å². The molecule has 0 radical (unpaired) electrons. The number of carbonyl (C=O) groups excluding carboxylic acids is 1. The van der Waals surface area contributed by atoms with Crippen LogP contribution in [0.3, 0.4) is 0 Å². The third-order valence-electron chi connectivity index (χ3n) is 3.37. The molecule has 1 aromatic carbocycles. The Kier molecular flexibility index (Phi) is 6.05. The Morgan fingerprint density at radius 1 is 1.10 bits per heavy atom. The van der Waals surface area contributed by atoms with E-state index in [0.717, 1.165) is 16.9 Å². The van der Waals surface area contributed by atoms with Crippen LogP contribution in [0.1, 0.15) is 45.2 Å². The maximum atomic E-state index is 12.2. The molecule has 0 aliphatic heterocycles. The zero-order valence-corrected chi connectivity index (χ0v) is 13.6. The molecule has 20 heavy (non-hydrogen) atoms. The van der Waals surface area contributed by atoms with Gasteiger partial charge in [-0.05, 0) is 52.7 Å². The minimum absolute atomic E-state index is 0.154. The highest BCUT2D eigenvalue weighted by Gasteiger charge is 2.19. The molecule has 0 aliphatic rings. The van der Waals surface area contributed by atoms with Gasteiger partial charge in [0.2, 0.25) is 5.91 Å². The van der Waals surface area contributed by atoms with Crippen LogP contribution in [0.25, 0.3) is 0 Å². The van der Waals surface area contributed by atoms with Crippen molar-refractivity contribution in [2.45, 2.75) is 60.0 Å². The highest BCUT2D eigenvalue weighted by Crippen LogP contribution is 2.22. The summed E-state index contributed by atoms with van der Waals surface area (Å²) >= 11 is 0. The fourth-order valence-corrected chi connectivity index (χ4v) is 2.57. The summed E-state index contributed by atoms with van der Waals surface area (Å²) in [4.78, 5) is 14.1. The molecule has 0 unspecified atom stereocenters. The van der Waals surface area contributed by atoms with Gasteiger partial charge in [-0.2, -0.15) is 0 Å². The first-order chi connectivity index (χ1) is 9.34. The van der Waals surface area contributed by atoms with Crippen LogP contribution in [0.15, 0.2) is 18.2 Å². The average Bonchev–Trinajstić information content (AvgIpc) is 2.32. The molecule has 0 saturated heterocycles. The van der Waals surface area contributed by atoms with Crippen molar-refractivity contribution >= 4 is 5.91 Å². The Morgan fingerprint density at radius 2 is 1.60 bits per heavy atom. The normalized spacial score (nSPS) is 11.0. The first kappa shape index (κ1) is 16.5. The van der Waals surface area contributed by atoms with E-state index in [1.165, 1.54) is 0 Å². The van der Waals surface area contributed by atoms with Crippen molar-refractivity contribution in [2.24, 2.45) is 0 Å². The second-order valence-electron chi connectivity index (χ2n) is 5.81. The average molecular weight is 277 g/mol. The molecule has 0 spiro atoms. The van der Waals surface area contributed by atoms with Crippen LogP contribution in [0.2, 0.25) is 0 Å². The largest absolute Gasteiger partial charge is 0.493 e. The topological polar surface area (TPSA) is 29.5 Å². The SMILES string of the molecule is Cc1cccc(C)c1OCCC(=O)N(C(C)C)C(C)C. The summed E-state index contributed by atoms with van der Waals surface area (Å²) < 4.78 is 5.80. The van der Waals surface area contributed by atoms with Crippen molar-refractivity contribution < 1.29 is 9.53 Å². The van der Waals surface area contributed by atoms with Crippen LogP contribution in [0.5, 0.6) is 5.75 Å². The molecular formula is C17H27NO2. The van der Waals surface area contributed by atoms with Crippen molar-refractivity contribution in [2.75, 3.05) is 6.61 Å². The van der Waals surface area contributed by atoms with Crippen LogP contribution in [-0.4, -0.2) is 29.5 Å². The number of amides is 1. The van der Waals surface area contributed by atoms with Crippen molar-refractivity contribution in [1.29, 1.82) is 0 Å². The van der Waals surface area contributed by atoms with Gasteiger partial charge in [-0.1, -0.05) is 18.2 Å². The second kappa shape index (κ2) is 7.32. The zero-order valence-electron chi connectivity index (χ0n) is 13.6. The van der Waals surface area contributed by atoms with E-state index in [1.807, 2.05) is 64.6 Å². The lowest BCUT2D eigenvalue weighted by molar-refractivity contribution is -0.135. The molecule has 0 saturated carbocycles. The number of benzene rings is 1. The highest BCUT2D eigenvalue weighted by atomic mass is 16.5.